The van der Waals surface area contributed by atoms with Crippen LogP contribution in [0.2, 0.25) is 0 Å². The Hall–Kier alpha value is -2.64. The van der Waals surface area contributed by atoms with Gasteiger partial charge in [-0.25, -0.2) is 0 Å². The molecule has 0 unspecified atom stereocenters. The highest BCUT2D eigenvalue weighted by atomic mass is 16.5. The molecule has 0 atom stereocenters. The molecule has 3 heterocycles. The van der Waals surface area contributed by atoms with Crippen LogP contribution in [0.1, 0.15) is 28.9 Å². The van der Waals surface area contributed by atoms with E-state index in [4.69, 9.17) is 4.52 Å². The van der Waals surface area contributed by atoms with Crippen molar-refractivity contribution in [2.24, 2.45) is 0 Å². The molecule has 0 bridgehead atoms. The van der Waals surface area contributed by atoms with E-state index in [0.29, 0.717) is 18.8 Å². The van der Waals surface area contributed by atoms with Crippen molar-refractivity contribution in [3.05, 3.63) is 29.4 Å². The first-order valence-corrected chi connectivity index (χ1v) is 7.20. The topological polar surface area (TPSA) is 90.8 Å². The highest BCUT2D eigenvalue weighted by Gasteiger charge is 2.14. The summed E-state index contributed by atoms with van der Waals surface area (Å²) in [6.07, 6.45) is 1.81. The molecular formula is C14H18N6O2. The molecule has 3 aromatic rings. The maximum absolute atomic E-state index is 11.9. The molecule has 8 heteroatoms. The minimum Gasteiger partial charge on any atom is -0.351 e. The number of carbonyl (C=O) groups is 1. The van der Waals surface area contributed by atoms with Gasteiger partial charge in [0.05, 0.1) is 24.1 Å². The van der Waals surface area contributed by atoms with Crippen LogP contribution in [-0.2, 0) is 13.1 Å². The van der Waals surface area contributed by atoms with Crippen LogP contribution in [0.3, 0.4) is 0 Å². The van der Waals surface area contributed by atoms with Crippen LogP contribution >= 0.6 is 0 Å². The van der Waals surface area contributed by atoms with Gasteiger partial charge in [0.1, 0.15) is 11.0 Å². The fraction of sp³-hybridized carbons (Fsp3) is 0.429. The molecule has 0 saturated heterocycles. The second kappa shape index (κ2) is 5.63. The molecule has 3 aromatic heterocycles. The summed E-state index contributed by atoms with van der Waals surface area (Å²) in [6.45, 7) is 7.60. The Morgan fingerprint density at radius 1 is 1.36 bits per heavy atom. The number of aryl methyl sites for hydroxylation is 3. The van der Waals surface area contributed by atoms with Gasteiger partial charge in [-0.15, -0.1) is 0 Å². The minimum atomic E-state index is -0.273. The SMILES string of the molecule is CCn1nc(C)c2c1cnn2CCNC(=O)c1cc(C)no1. The summed E-state index contributed by atoms with van der Waals surface area (Å²) in [5, 5.41) is 15.3. The van der Waals surface area contributed by atoms with Crippen molar-refractivity contribution < 1.29 is 9.32 Å². The fourth-order valence-corrected chi connectivity index (χ4v) is 2.46. The number of amides is 1. The number of aromatic nitrogens is 5. The lowest BCUT2D eigenvalue weighted by molar-refractivity contribution is 0.0915. The van der Waals surface area contributed by atoms with Crippen LogP contribution in [0.5, 0.6) is 0 Å². The quantitative estimate of drug-likeness (QED) is 0.767. The number of fused-ring (bicyclic) bond motifs is 1. The Morgan fingerprint density at radius 2 is 2.18 bits per heavy atom. The van der Waals surface area contributed by atoms with Gasteiger partial charge in [-0.3, -0.25) is 14.2 Å². The number of rotatable bonds is 5. The van der Waals surface area contributed by atoms with Crippen LogP contribution < -0.4 is 5.32 Å². The van der Waals surface area contributed by atoms with E-state index in [1.165, 1.54) is 0 Å². The molecule has 0 aromatic carbocycles. The van der Waals surface area contributed by atoms with E-state index in [2.05, 4.69) is 20.7 Å². The Morgan fingerprint density at radius 3 is 2.86 bits per heavy atom. The Bertz CT molecular complexity index is 813. The van der Waals surface area contributed by atoms with Gasteiger partial charge in [-0.05, 0) is 20.8 Å². The monoisotopic (exact) mass is 302 g/mol. The van der Waals surface area contributed by atoms with Gasteiger partial charge in [-0.1, -0.05) is 5.16 Å². The number of nitrogens with zero attached hydrogens (tertiary/aromatic N) is 5. The summed E-state index contributed by atoms with van der Waals surface area (Å²) >= 11 is 0. The molecular weight excluding hydrogens is 284 g/mol. The van der Waals surface area contributed by atoms with Gasteiger partial charge in [0.15, 0.2) is 0 Å². The Balaban J connectivity index is 1.67. The molecule has 0 fully saturated rings. The van der Waals surface area contributed by atoms with Crippen LogP contribution in [0.4, 0.5) is 0 Å². The first-order chi connectivity index (χ1) is 10.6. The summed E-state index contributed by atoms with van der Waals surface area (Å²) in [6, 6.07) is 1.61. The van der Waals surface area contributed by atoms with Gasteiger partial charge in [0.25, 0.3) is 5.91 Å². The molecule has 0 aliphatic carbocycles. The van der Waals surface area contributed by atoms with Crippen LogP contribution in [-0.4, -0.2) is 37.2 Å². The largest absolute Gasteiger partial charge is 0.351 e. The zero-order chi connectivity index (χ0) is 15.7. The van der Waals surface area contributed by atoms with Crippen molar-refractivity contribution in [3.63, 3.8) is 0 Å². The smallest absolute Gasteiger partial charge is 0.289 e. The molecule has 22 heavy (non-hydrogen) atoms. The molecule has 1 amide bonds. The van der Waals surface area contributed by atoms with E-state index < -0.39 is 0 Å². The maximum Gasteiger partial charge on any atom is 0.289 e. The molecule has 0 aliphatic rings. The Kier molecular flexibility index (Phi) is 3.66. The number of nitrogens with one attached hydrogen (secondary N) is 1. The van der Waals surface area contributed by atoms with Gasteiger partial charge in [0.2, 0.25) is 5.76 Å². The highest BCUT2D eigenvalue weighted by Crippen LogP contribution is 2.17. The summed E-state index contributed by atoms with van der Waals surface area (Å²) in [5.74, 6) is -0.0527. The lowest BCUT2D eigenvalue weighted by Gasteiger charge is -2.04. The summed E-state index contributed by atoms with van der Waals surface area (Å²) < 4.78 is 8.70. The van der Waals surface area contributed by atoms with E-state index >= 15 is 0 Å². The van der Waals surface area contributed by atoms with Crippen LogP contribution in [0, 0.1) is 13.8 Å². The highest BCUT2D eigenvalue weighted by molar-refractivity contribution is 5.91. The second-order valence-corrected chi connectivity index (χ2v) is 5.09. The summed E-state index contributed by atoms with van der Waals surface area (Å²) in [5.41, 5.74) is 3.64. The van der Waals surface area contributed by atoms with E-state index in [1.54, 1.807) is 19.2 Å². The van der Waals surface area contributed by atoms with Crippen molar-refractivity contribution in [1.82, 2.24) is 30.0 Å². The van der Waals surface area contributed by atoms with Crippen LogP contribution in [0.25, 0.3) is 11.0 Å². The zero-order valence-electron chi connectivity index (χ0n) is 12.8. The lowest BCUT2D eigenvalue weighted by atomic mass is 10.3. The number of hydrogen-bond acceptors (Lipinski definition) is 5. The van der Waals surface area contributed by atoms with Gasteiger partial charge in [0, 0.05) is 19.2 Å². The van der Waals surface area contributed by atoms with Gasteiger partial charge in [-0.2, -0.15) is 10.2 Å². The fourth-order valence-electron chi connectivity index (χ4n) is 2.46. The maximum atomic E-state index is 11.9. The van der Waals surface area contributed by atoms with E-state index in [1.807, 2.05) is 23.2 Å². The summed E-state index contributed by atoms with van der Waals surface area (Å²) in [4.78, 5) is 11.9. The third-order valence-corrected chi connectivity index (χ3v) is 3.47. The van der Waals surface area contributed by atoms with Crippen molar-refractivity contribution in [2.75, 3.05) is 6.54 Å². The van der Waals surface area contributed by atoms with Crippen molar-refractivity contribution in [1.29, 1.82) is 0 Å². The molecule has 0 spiro atoms. The van der Waals surface area contributed by atoms with Gasteiger partial charge < -0.3 is 9.84 Å². The molecule has 8 nitrogen and oxygen atoms in total. The minimum absolute atomic E-state index is 0.220. The molecule has 116 valence electrons. The third-order valence-electron chi connectivity index (χ3n) is 3.47. The average Bonchev–Trinajstić information content (AvgIpc) is 3.17. The number of hydrogen-bond donors (Lipinski definition) is 1. The lowest BCUT2D eigenvalue weighted by Crippen LogP contribution is -2.27. The molecule has 0 radical (unpaired) electrons. The van der Waals surface area contributed by atoms with Crippen molar-refractivity contribution in [2.45, 2.75) is 33.9 Å². The van der Waals surface area contributed by atoms with E-state index in [9.17, 15) is 4.79 Å². The molecule has 0 aliphatic heterocycles. The normalized spacial score (nSPS) is 11.2. The molecule has 3 rings (SSSR count). The molecule has 1 N–H and O–H groups in total. The van der Waals surface area contributed by atoms with Crippen molar-refractivity contribution >= 4 is 16.9 Å². The predicted octanol–water partition coefficient (Wildman–Crippen LogP) is 1.29. The van der Waals surface area contributed by atoms with Crippen LogP contribution in [0.15, 0.2) is 16.8 Å². The van der Waals surface area contributed by atoms with Gasteiger partial charge >= 0.3 is 0 Å². The van der Waals surface area contributed by atoms with Crippen molar-refractivity contribution in [3.8, 4) is 0 Å². The van der Waals surface area contributed by atoms with E-state index in [-0.39, 0.29) is 11.7 Å². The average molecular weight is 302 g/mol. The zero-order valence-corrected chi connectivity index (χ0v) is 12.8. The first kappa shape index (κ1) is 14.3. The standard InChI is InChI=1S/C14H18N6O2/c1-4-19-11-8-16-20(13(11)10(3)17-19)6-5-15-14(21)12-7-9(2)18-22-12/h7-8H,4-6H2,1-3H3,(H,15,21). The van der Waals surface area contributed by atoms with E-state index in [0.717, 1.165) is 23.3 Å². The number of carbonyl (C=O) groups excluding carboxylic acids is 1. The predicted molar refractivity (Wildman–Crippen MR) is 79.5 cm³/mol. The Labute approximate surface area is 127 Å². The third kappa shape index (κ3) is 2.47. The second-order valence-electron chi connectivity index (χ2n) is 5.09. The summed E-state index contributed by atoms with van der Waals surface area (Å²) in [7, 11) is 0. The molecule has 0 saturated carbocycles. The first-order valence-electron chi connectivity index (χ1n) is 7.20.